The minimum atomic E-state index is 0.0314. The highest BCUT2D eigenvalue weighted by Gasteiger charge is 2.29. The third-order valence-corrected chi connectivity index (χ3v) is 6.78. The van der Waals surface area contributed by atoms with Crippen molar-refractivity contribution in [3.8, 4) is 22.4 Å². The Hall–Kier alpha value is -4.46. The fraction of sp³-hybridized carbons (Fsp3) is 0.241. The summed E-state index contributed by atoms with van der Waals surface area (Å²) in [5, 5.41) is 11.2. The largest absolute Gasteiger partial charge is 0.382 e. The van der Waals surface area contributed by atoms with Crippen LogP contribution in [0.1, 0.15) is 48.4 Å². The first-order valence-corrected chi connectivity index (χ1v) is 12.5. The van der Waals surface area contributed by atoms with Crippen LogP contribution in [-0.4, -0.2) is 31.9 Å². The van der Waals surface area contributed by atoms with Crippen LogP contribution in [0.25, 0.3) is 22.4 Å². The first-order chi connectivity index (χ1) is 18.0. The maximum Gasteiger partial charge on any atom is 0.228 e. The molecule has 0 atom stereocenters. The molecule has 2 saturated carbocycles. The molecule has 3 aromatic heterocycles. The van der Waals surface area contributed by atoms with Gasteiger partial charge in [0.05, 0.1) is 17.6 Å². The second-order valence-corrected chi connectivity index (χ2v) is 9.77. The lowest BCUT2D eigenvalue weighted by atomic mass is 9.99. The van der Waals surface area contributed by atoms with Crippen molar-refractivity contribution in [2.75, 3.05) is 5.32 Å². The number of carbonyl (C=O) groups is 1. The number of hydrogen-bond acceptors (Lipinski definition) is 6. The zero-order chi connectivity index (χ0) is 25.4. The van der Waals surface area contributed by atoms with Crippen LogP contribution >= 0.6 is 0 Å². The number of aliphatic imine (C=N–C) groups is 1. The SMILES string of the molecule is Cc1ccc(N=C(N)c2cc(C3CC3)cnn2)cc1-c1ccnc(-c2ccnc(NC(=O)C3CC3)c2)c1. The van der Waals surface area contributed by atoms with Crippen LogP contribution < -0.4 is 11.1 Å². The van der Waals surface area contributed by atoms with Crippen LogP contribution in [0, 0.1) is 12.8 Å². The number of nitrogens with two attached hydrogens (primary N) is 1. The van der Waals surface area contributed by atoms with Gasteiger partial charge in [0, 0.05) is 23.9 Å². The number of aryl methyl sites for hydroxylation is 1. The number of hydrogen-bond donors (Lipinski definition) is 2. The second kappa shape index (κ2) is 9.54. The van der Waals surface area contributed by atoms with Crippen LogP contribution in [0.4, 0.5) is 11.5 Å². The Labute approximate surface area is 215 Å². The number of nitrogens with one attached hydrogen (secondary N) is 1. The van der Waals surface area contributed by atoms with E-state index >= 15 is 0 Å². The van der Waals surface area contributed by atoms with Crippen molar-refractivity contribution in [2.45, 2.75) is 38.5 Å². The lowest BCUT2D eigenvalue weighted by Crippen LogP contribution is -2.15. The van der Waals surface area contributed by atoms with Crippen molar-refractivity contribution in [3.63, 3.8) is 0 Å². The van der Waals surface area contributed by atoms with Crippen LogP contribution in [-0.2, 0) is 4.79 Å². The van der Waals surface area contributed by atoms with E-state index in [4.69, 9.17) is 5.73 Å². The summed E-state index contributed by atoms with van der Waals surface area (Å²) >= 11 is 0. The first-order valence-electron chi connectivity index (χ1n) is 12.5. The monoisotopic (exact) mass is 489 g/mol. The van der Waals surface area contributed by atoms with Crippen LogP contribution in [0.3, 0.4) is 0 Å². The molecule has 0 saturated heterocycles. The van der Waals surface area contributed by atoms with E-state index in [2.05, 4.69) is 37.4 Å². The molecule has 0 unspecified atom stereocenters. The van der Waals surface area contributed by atoms with Crippen molar-refractivity contribution in [2.24, 2.45) is 16.6 Å². The summed E-state index contributed by atoms with van der Waals surface area (Å²) in [5.74, 6) is 1.60. The van der Waals surface area contributed by atoms with Gasteiger partial charge in [-0.15, -0.1) is 5.10 Å². The van der Waals surface area contributed by atoms with Gasteiger partial charge in [-0.2, -0.15) is 5.10 Å². The Kier molecular flexibility index (Phi) is 5.92. The Morgan fingerprint density at radius 1 is 0.973 bits per heavy atom. The molecule has 4 aromatic rings. The molecule has 8 heteroatoms. The van der Waals surface area contributed by atoms with Crippen molar-refractivity contribution >= 4 is 23.2 Å². The predicted molar refractivity (Wildman–Crippen MR) is 143 cm³/mol. The van der Waals surface area contributed by atoms with Crippen LogP contribution in [0.2, 0.25) is 0 Å². The molecule has 6 rings (SSSR count). The molecular formula is C29H27N7O. The summed E-state index contributed by atoms with van der Waals surface area (Å²) in [6, 6.07) is 15.8. The third-order valence-electron chi connectivity index (χ3n) is 6.78. The summed E-state index contributed by atoms with van der Waals surface area (Å²) in [7, 11) is 0. The number of benzene rings is 1. The van der Waals surface area contributed by atoms with Gasteiger partial charge in [0.15, 0.2) is 5.84 Å². The second-order valence-electron chi connectivity index (χ2n) is 9.77. The molecule has 1 aromatic carbocycles. The van der Waals surface area contributed by atoms with Crippen molar-refractivity contribution in [1.82, 2.24) is 20.2 Å². The van der Waals surface area contributed by atoms with Gasteiger partial charge in [-0.25, -0.2) is 9.98 Å². The molecule has 3 heterocycles. The van der Waals surface area contributed by atoms with E-state index in [9.17, 15) is 4.79 Å². The molecule has 0 aliphatic heterocycles. The highest BCUT2D eigenvalue weighted by Crippen LogP contribution is 2.39. The van der Waals surface area contributed by atoms with E-state index < -0.39 is 0 Å². The number of rotatable bonds is 7. The number of amides is 1. The number of aromatic nitrogens is 4. The molecular weight excluding hydrogens is 462 g/mol. The molecule has 3 N–H and O–H groups in total. The summed E-state index contributed by atoms with van der Waals surface area (Å²) in [6.07, 6.45) is 9.56. The summed E-state index contributed by atoms with van der Waals surface area (Å²) in [6.45, 7) is 2.06. The van der Waals surface area contributed by atoms with E-state index in [0.717, 1.165) is 46.5 Å². The van der Waals surface area contributed by atoms with Gasteiger partial charge in [-0.3, -0.25) is 9.78 Å². The van der Waals surface area contributed by atoms with Gasteiger partial charge in [0.1, 0.15) is 11.5 Å². The van der Waals surface area contributed by atoms with Gasteiger partial charge in [0.2, 0.25) is 5.91 Å². The molecule has 0 spiro atoms. The van der Waals surface area contributed by atoms with Crippen LogP contribution in [0.5, 0.6) is 0 Å². The maximum atomic E-state index is 12.2. The molecule has 8 nitrogen and oxygen atoms in total. The molecule has 2 aliphatic rings. The molecule has 37 heavy (non-hydrogen) atoms. The molecule has 2 aliphatic carbocycles. The van der Waals surface area contributed by atoms with Crippen LogP contribution in [0.15, 0.2) is 72.1 Å². The fourth-order valence-corrected chi connectivity index (χ4v) is 4.32. The van der Waals surface area contributed by atoms with E-state index in [1.807, 2.05) is 54.7 Å². The van der Waals surface area contributed by atoms with E-state index in [-0.39, 0.29) is 11.8 Å². The fourth-order valence-electron chi connectivity index (χ4n) is 4.32. The van der Waals surface area contributed by atoms with Gasteiger partial charge in [-0.05, 0) is 103 Å². The van der Waals surface area contributed by atoms with Gasteiger partial charge in [0.25, 0.3) is 0 Å². The number of pyridine rings is 2. The van der Waals surface area contributed by atoms with Crippen molar-refractivity contribution in [1.29, 1.82) is 0 Å². The minimum Gasteiger partial charge on any atom is -0.382 e. The molecule has 2 fully saturated rings. The highest BCUT2D eigenvalue weighted by molar-refractivity contribution is 5.97. The minimum absolute atomic E-state index is 0.0314. The predicted octanol–water partition coefficient (Wildman–Crippen LogP) is 5.17. The van der Waals surface area contributed by atoms with E-state index in [1.165, 1.54) is 18.4 Å². The molecule has 184 valence electrons. The zero-order valence-electron chi connectivity index (χ0n) is 20.6. The Morgan fingerprint density at radius 2 is 1.78 bits per heavy atom. The molecule has 1 amide bonds. The lowest BCUT2D eigenvalue weighted by molar-refractivity contribution is -0.117. The average Bonchev–Trinajstić information content (AvgIpc) is 3.83. The van der Waals surface area contributed by atoms with Gasteiger partial charge in [-0.1, -0.05) is 6.07 Å². The maximum absolute atomic E-state index is 12.2. The smallest absolute Gasteiger partial charge is 0.228 e. The topological polar surface area (TPSA) is 119 Å². The Balaban J connectivity index is 1.28. The van der Waals surface area contributed by atoms with E-state index in [0.29, 0.717) is 23.3 Å². The standard InChI is InChI=1S/C29H27N7O/c1-17-2-7-23(34-28(30)26-13-22(16-33-36-26)18-3-4-18)15-24(17)20-8-10-31-25(12-20)21-9-11-32-27(14-21)35-29(37)19-5-6-19/h2,7-16,18-19H,3-6H2,1H3,(H2,30,34)(H,32,35,37). The number of carbonyl (C=O) groups excluding carboxylic acids is 1. The summed E-state index contributed by atoms with van der Waals surface area (Å²) in [4.78, 5) is 25.7. The summed E-state index contributed by atoms with van der Waals surface area (Å²) in [5.41, 5.74) is 13.7. The summed E-state index contributed by atoms with van der Waals surface area (Å²) < 4.78 is 0. The average molecular weight is 490 g/mol. The third kappa shape index (κ3) is 5.23. The van der Waals surface area contributed by atoms with Crippen molar-refractivity contribution in [3.05, 3.63) is 83.9 Å². The molecule has 0 bridgehead atoms. The Morgan fingerprint density at radius 3 is 2.59 bits per heavy atom. The quantitative estimate of drug-likeness (QED) is 0.273. The highest BCUT2D eigenvalue weighted by atomic mass is 16.2. The number of nitrogens with zero attached hydrogens (tertiary/aromatic N) is 5. The Bertz CT molecular complexity index is 1520. The lowest BCUT2D eigenvalue weighted by Gasteiger charge is -2.10. The van der Waals surface area contributed by atoms with E-state index in [1.54, 1.807) is 12.4 Å². The van der Waals surface area contributed by atoms with Gasteiger partial charge < -0.3 is 11.1 Å². The zero-order valence-corrected chi connectivity index (χ0v) is 20.6. The normalized spacial score (nSPS) is 15.4. The van der Waals surface area contributed by atoms with Crippen molar-refractivity contribution < 1.29 is 4.79 Å². The number of anilines is 1. The first kappa shape index (κ1) is 23.0. The van der Waals surface area contributed by atoms with Gasteiger partial charge >= 0.3 is 0 Å². The molecule has 0 radical (unpaired) electrons. The number of amidine groups is 1.